The number of benzene rings is 1. The van der Waals surface area contributed by atoms with Gasteiger partial charge < -0.3 is 5.73 Å². The molecule has 2 heteroatoms. The van der Waals surface area contributed by atoms with Crippen molar-refractivity contribution in [2.24, 2.45) is 5.73 Å². The fourth-order valence-electron chi connectivity index (χ4n) is 1.87. The van der Waals surface area contributed by atoms with Crippen molar-refractivity contribution in [1.29, 1.82) is 5.26 Å². The minimum atomic E-state index is -0.399. The Morgan fingerprint density at radius 2 is 1.67 bits per heavy atom. The Morgan fingerprint density at radius 1 is 1.20 bits per heavy atom. The standard InChI is InChI=1S/C13H18N2/c1-8-5-9(2)11(4)13(10(8)3)6-12(15)7-14/h5,12H,6,15H2,1-4H3. The van der Waals surface area contributed by atoms with Crippen LogP contribution in [-0.2, 0) is 6.42 Å². The fraction of sp³-hybridized carbons (Fsp3) is 0.462. The van der Waals surface area contributed by atoms with Crippen LogP contribution in [0.15, 0.2) is 6.07 Å². The van der Waals surface area contributed by atoms with Gasteiger partial charge in [-0.05, 0) is 55.5 Å². The van der Waals surface area contributed by atoms with Crippen molar-refractivity contribution in [3.63, 3.8) is 0 Å². The second kappa shape index (κ2) is 4.46. The van der Waals surface area contributed by atoms with Crippen LogP contribution in [0.3, 0.4) is 0 Å². The predicted octanol–water partition coefficient (Wildman–Crippen LogP) is 2.31. The van der Waals surface area contributed by atoms with E-state index in [1.165, 1.54) is 27.8 Å². The van der Waals surface area contributed by atoms with E-state index in [-0.39, 0.29) is 0 Å². The number of nitriles is 1. The Balaban J connectivity index is 3.22. The molecule has 0 aromatic heterocycles. The molecule has 0 bridgehead atoms. The molecule has 0 spiro atoms. The van der Waals surface area contributed by atoms with Gasteiger partial charge in [-0.25, -0.2) is 0 Å². The van der Waals surface area contributed by atoms with Crippen LogP contribution in [0.1, 0.15) is 27.8 Å². The first-order chi connectivity index (χ1) is 6.97. The number of hydrogen-bond donors (Lipinski definition) is 1. The normalized spacial score (nSPS) is 12.3. The van der Waals surface area contributed by atoms with Crippen molar-refractivity contribution in [1.82, 2.24) is 0 Å². The molecular formula is C13H18N2. The lowest BCUT2D eigenvalue weighted by molar-refractivity contribution is 0.809. The van der Waals surface area contributed by atoms with E-state index in [9.17, 15) is 0 Å². The SMILES string of the molecule is Cc1cc(C)c(C)c(CC(N)C#N)c1C. The summed E-state index contributed by atoms with van der Waals surface area (Å²) in [5, 5.41) is 8.74. The molecule has 1 aromatic rings. The van der Waals surface area contributed by atoms with E-state index in [2.05, 4.69) is 39.8 Å². The Hall–Kier alpha value is -1.33. The van der Waals surface area contributed by atoms with Gasteiger partial charge in [0.05, 0.1) is 12.1 Å². The maximum Gasteiger partial charge on any atom is 0.0968 e. The first-order valence-corrected chi connectivity index (χ1v) is 5.18. The quantitative estimate of drug-likeness (QED) is 0.800. The topological polar surface area (TPSA) is 49.8 Å². The average molecular weight is 202 g/mol. The van der Waals surface area contributed by atoms with Crippen molar-refractivity contribution in [2.75, 3.05) is 0 Å². The molecule has 0 aliphatic heterocycles. The lowest BCUT2D eigenvalue weighted by Crippen LogP contribution is -2.21. The van der Waals surface area contributed by atoms with Crippen LogP contribution >= 0.6 is 0 Å². The van der Waals surface area contributed by atoms with Crippen LogP contribution in [0.5, 0.6) is 0 Å². The van der Waals surface area contributed by atoms with Crippen molar-refractivity contribution >= 4 is 0 Å². The molecule has 0 saturated carbocycles. The molecule has 1 aromatic carbocycles. The third kappa shape index (κ3) is 2.37. The van der Waals surface area contributed by atoms with Gasteiger partial charge in [-0.15, -0.1) is 0 Å². The van der Waals surface area contributed by atoms with Gasteiger partial charge in [0.15, 0.2) is 0 Å². The lowest BCUT2D eigenvalue weighted by Gasteiger charge is -2.15. The van der Waals surface area contributed by atoms with Crippen molar-refractivity contribution in [3.8, 4) is 6.07 Å². The van der Waals surface area contributed by atoms with Crippen LogP contribution in [0, 0.1) is 39.0 Å². The third-order valence-electron chi connectivity index (χ3n) is 3.11. The highest BCUT2D eigenvalue weighted by molar-refractivity contribution is 5.44. The monoisotopic (exact) mass is 202 g/mol. The smallest absolute Gasteiger partial charge is 0.0968 e. The second-order valence-corrected chi connectivity index (χ2v) is 4.18. The lowest BCUT2D eigenvalue weighted by atomic mass is 9.91. The fourth-order valence-corrected chi connectivity index (χ4v) is 1.87. The molecule has 0 amide bonds. The van der Waals surface area contributed by atoms with Gasteiger partial charge in [-0.1, -0.05) is 6.07 Å². The minimum Gasteiger partial charge on any atom is -0.316 e. The first-order valence-electron chi connectivity index (χ1n) is 5.18. The number of aryl methyl sites for hydroxylation is 2. The molecule has 2 N–H and O–H groups in total. The summed E-state index contributed by atoms with van der Waals surface area (Å²) in [6.07, 6.45) is 0.649. The highest BCUT2D eigenvalue weighted by Gasteiger charge is 2.11. The highest BCUT2D eigenvalue weighted by Crippen LogP contribution is 2.22. The van der Waals surface area contributed by atoms with Crippen molar-refractivity contribution in [2.45, 2.75) is 40.2 Å². The molecule has 15 heavy (non-hydrogen) atoms. The summed E-state index contributed by atoms with van der Waals surface area (Å²) >= 11 is 0. The summed E-state index contributed by atoms with van der Waals surface area (Å²) in [5.74, 6) is 0. The molecule has 80 valence electrons. The van der Waals surface area contributed by atoms with E-state index in [4.69, 9.17) is 11.0 Å². The van der Waals surface area contributed by atoms with Crippen LogP contribution in [0.4, 0.5) is 0 Å². The van der Waals surface area contributed by atoms with Crippen molar-refractivity contribution in [3.05, 3.63) is 33.9 Å². The van der Waals surface area contributed by atoms with Gasteiger partial charge in [0.25, 0.3) is 0 Å². The van der Waals surface area contributed by atoms with Crippen LogP contribution in [0.2, 0.25) is 0 Å². The van der Waals surface area contributed by atoms with Crippen molar-refractivity contribution < 1.29 is 0 Å². The molecule has 0 aliphatic rings. The van der Waals surface area contributed by atoms with E-state index >= 15 is 0 Å². The highest BCUT2D eigenvalue weighted by atomic mass is 14.6. The van der Waals surface area contributed by atoms with E-state index < -0.39 is 6.04 Å². The van der Waals surface area contributed by atoms with Gasteiger partial charge in [-0.2, -0.15) is 5.26 Å². The number of hydrogen-bond acceptors (Lipinski definition) is 2. The molecular weight excluding hydrogens is 184 g/mol. The zero-order chi connectivity index (χ0) is 11.6. The molecule has 0 radical (unpaired) electrons. The van der Waals surface area contributed by atoms with Gasteiger partial charge in [0.1, 0.15) is 0 Å². The summed E-state index contributed by atoms with van der Waals surface area (Å²) in [5.41, 5.74) is 12.0. The van der Waals surface area contributed by atoms with Gasteiger partial charge in [0, 0.05) is 6.42 Å². The van der Waals surface area contributed by atoms with Gasteiger partial charge >= 0.3 is 0 Å². The molecule has 0 heterocycles. The summed E-state index contributed by atoms with van der Waals surface area (Å²) in [4.78, 5) is 0. The Bertz CT molecular complexity index is 387. The summed E-state index contributed by atoms with van der Waals surface area (Å²) in [7, 11) is 0. The predicted molar refractivity (Wildman–Crippen MR) is 62.7 cm³/mol. The molecule has 0 fully saturated rings. The summed E-state index contributed by atoms with van der Waals surface area (Å²) in [6, 6.07) is 3.87. The molecule has 0 saturated heterocycles. The minimum absolute atomic E-state index is 0.399. The first kappa shape index (κ1) is 11.7. The van der Waals surface area contributed by atoms with E-state index in [0.29, 0.717) is 6.42 Å². The maximum absolute atomic E-state index is 8.74. The zero-order valence-corrected chi connectivity index (χ0v) is 9.89. The summed E-state index contributed by atoms with van der Waals surface area (Å²) in [6.45, 7) is 8.40. The van der Waals surface area contributed by atoms with Gasteiger partial charge in [-0.3, -0.25) is 0 Å². The molecule has 1 rings (SSSR count). The van der Waals surface area contributed by atoms with E-state index in [1.54, 1.807) is 0 Å². The average Bonchev–Trinajstić information content (AvgIpc) is 2.21. The Labute approximate surface area is 91.7 Å². The zero-order valence-electron chi connectivity index (χ0n) is 9.89. The van der Waals surface area contributed by atoms with Crippen LogP contribution in [0.25, 0.3) is 0 Å². The largest absolute Gasteiger partial charge is 0.316 e. The van der Waals surface area contributed by atoms with Crippen LogP contribution < -0.4 is 5.73 Å². The summed E-state index contributed by atoms with van der Waals surface area (Å²) < 4.78 is 0. The van der Waals surface area contributed by atoms with Crippen LogP contribution in [-0.4, -0.2) is 6.04 Å². The van der Waals surface area contributed by atoms with E-state index in [1.807, 2.05) is 0 Å². The van der Waals surface area contributed by atoms with E-state index in [0.717, 1.165) is 0 Å². The molecule has 2 nitrogen and oxygen atoms in total. The second-order valence-electron chi connectivity index (χ2n) is 4.18. The third-order valence-corrected chi connectivity index (χ3v) is 3.11. The number of nitrogens with two attached hydrogens (primary N) is 1. The molecule has 0 aliphatic carbocycles. The van der Waals surface area contributed by atoms with Gasteiger partial charge in [0.2, 0.25) is 0 Å². The number of nitrogens with zero attached hydrogens (tertiary/aromatic N) is 1. The molecule has 1 unspecified atom stereocenters. The number of rotatable bonds is 2. The Kier molecular flexibility index (Phi) is 3.49. The Morgan fingerprint density at radius 3 is 2.07 bits per heavy atom. The molecule has 1 atom stereocenters. The maximum atomic E-state index is 8.74.